The number of fused-ring (bicyclic) bond motifs is 1. The highest BCUT2D eigenvalue weighted by atomic mass is 16.3. The van der Waals surface area contributed by atoms with Gasteiger partial charge in [0.25, 0.3) is 0 Å². The molecule has 0 atom stereocenters. The van der Waals surface area contributed by atoms with Gasteiger partial charge in [-0.25, -0.2) is 4.98 Å². The lowest BCUT2D eigenvalue weighted by molar-refractivity contribution is 0.136. The summed E-state index contributed by atoms with van der Waals surface area (Å²) in [5.41, 5.74) is 3.31. The van der Waals surface area contributed by atoms with Crippen LogP contribution in [0.5, 0.6) is 0 Å². The molecule has 0 spiro atoms. The Morgan fingerprint density at radius 3 is 2.42 bits per heavy atom. The highest BCUT2D eigenvalue weighted by molar-refractivity contribution is 5.94. The van der Waals surface area contributed by atoms with E-state index in [9.17, 15) is 0 Å². The molecule has 0 saturated carbocycles. The summed E-state index contributed by atoms with van der Waals surface area (Å²) in [6.45, 7) is 6.09. The second-order valence-electron chi connectivity index (χ2n) is 8.06. The van der Waals surface area contributed by atoms with Crippen LogP contribution in [0.1, 0.15) is 11.3 Å². The van der Waals surface area contributed by atoms with Crippen molar-refractivity contribution in [3.05, 3.63) is 96.4 Å². The quantitative estimate of drug-likeness (QED) is 0.431. The molecule has 1 aromatic heterocycles. The molecule has 1 aliphatic rings. The first-order valence-electron chi connectivity index (χ1n) is 10.9. The number of piperazine rings is 1. The van der Waals surface area contributed by atoms with Crippen LogP contribution >= 0.6 is 0 Å². The fourth-order valence-electron chi connectivity index (χ4n) is 4.18. The SMILES string of the molecule is C(=C\c1ccccc1)/CN1CCN(Cc2coc(-c3cccc4ccccc34)n2)CC1. The average Bonchev–Trinajstić information content (AvgIpc) is 3.29. The van der Waals surface area contributed by atoms with Gasteiger partial charge in [0.1, 0.15) is 6.26 Å². The molecule has 1 saturated heterocycles. The zero-order valence-corrected chi connectivity index (χ0v) is 17.7. The summed E-state index contributed by atoms with van der Waals surface area (Å²) in [6.07, 6.45) is 6.28. The topological polar surface area (TPSA) is 32.5 Å². The summed E-state index contributed by atoms with van der Waals surface area (Å²) in [6, 6.07) is 25.1. The maximum atomic E-state index is 5.86. The lowest BCUT2D eigenvalue weighted by Crippen LogP contribution is -2.45. The van der Waals surface area contributed by atoms with Crippen LogP contribution in [0.3, 0.4) is 0 Å². The maximum absolute atomic E-state index is 5.86. The molecule has 0 unspecified atom stereocenters. The van der Waals surface area contributed by atoms with E-state index in [-0.39, 0.29) is 0 Å². The van der Waals surface area contributed by atoms with Crippen LogP contribution in [0.4, 0.5) is 0 Å². The van der Waals surface area contributed by atoms with E-state index in [4.69, 9.17) is 9.40 Å². The predicted octanol–water partition coefficient (Wildman–Crippen LogP) is 5.33. The van der Waals surface area contributed by atoms with E-state index in [2.05, 4.69) is 94.7 Å². The minimum atomic E-state index is 0.705. The van der Waals surface area contributed by atoms with Crippen molar-refractivity contribution in [2.75, 3.05) is 32.7 Å². The van der Waals surface area contributed by atoms with Crippen LogP contribution in [0.15, 0.2) is 89.6 Å². The third-order valence-electron chi connectivity index (χ3n) is 5.90. The van der Waals surface area contributed by atoms with Gasteiger partial charge in [0.2, 0.25) is 5.89 Å². The van der Waals surface area contributed by atoms with Crippen molar-refractivity contribution in [1.29, 1.82) is 0 Å². The molecule has 4 heteroatoms. The van der Waals surface area contributed by atoms with Crippen molar-refractivity contribution < 1.29 is 4.42 Å². The molecule has 0 radical (unpaired) electrons. The van der Waals surface area contributed by atoms with Gasteiger partial charge in [-0.2, -0.15) is 0 Å². The number of nitrogens with zero attached hydrogens (tertiary/aromatic N) is 3. The second kappa shape index (κ2) is 9.29. The van der Waals surface area contributed by atoms with E-state index in [0.29, 0.717) is 5.89 Å². The first-order valence-corrected chi connectivity index (χ1v) is 10.9. The summed E-state index contributed by atoms with van der Waals surface area (Å²) in [5.74, 6) is 0.705. The molecule has 0 N–H and O–H groups in total. The fourth-order valence-corrected chi connectivity index (χ4v) is 4.18. The number of hydrogen-bond donors (Lipinski definition) is 0. The highest BCUT2D eigenvalue weighted by Crippen LogP contribution is 2.28. The molecule has 31 heavy (non-hydrogen) atoms. The molecule has 3 aromatic carbocycles. The Balaban J connectivity index is 1.16. The number of oxazole rings is 1. The van der Waals surface area contributed by atoms with Crippen molar-refractivity contribution in [3.8, 4) is 11.5 Å². The zero-order chi connectivity index (χ0) is 20.9. The van der Waals surface area contributed by atoms with E-state index in [1.54, 1.807) is 0 Å². The molecule has 0 aliphatic carbocycles. The van der Waals surface area contributed by atoms with Gasteiger partial charge >= 0.3 is 0 Å². The van der Waals surface area contributed by atoms with Crippen LogP contribution in [-0.4, -0.2) is 47.5 Å². The summed E-state index contributed by atoms with van der Waals surface area (Å²) in [5, 5.41) is 2.38. The molecule has 2 heterocycles. The van der Waals surface area contributed by atoms with Crippen LogP contribution in [0.25, 0.3) is 28.3 Å². The van der Waals surface area contributed by atoms with Crippen LogP contribution < -0.4 is 0 Å². The van der Waals surface area contributed by atoms with Gasteiger partial charge in [0.15, 0.2) is 0 Å². The molecule has 4 nitrogen and oxygen atoms in total. The minimum Gasteiger partial charge on any atom is -0.444 e. The van der Waals surface area contributed by atoms with Crippen molar-refractivity contribution in [1.82, 2.24) is 14.8 Å². The lowest BCUT2D eigenvalue weighted by Gasteiger charge is -2.33. The van der Waals surface area contributed by atoms with E-state index in [0.717, 1.165) is 50.5 Å². The minimum absolute atomic E-state index is 0.705. The average molecular weight is 410 g/mol. The van der Waals surface area contributed by atoms with E-state index in [1.807, 2.05) is 6.26 Å². The normalized spacial score (nSPS) is 15.7. The van der Waals surface area contributed by atoms with E-state index in [1.165, 1.54) is 16.3 Å². The Hall–Kier alpha value is -3.21. The number of rotatable bonds is 6. The summed E-state index contributed by atoms with van der Waals surface area (Å²) in [7, 11) is 0. The first-order chi connectivity index (χ1) is 15.3. The predicted molar refractivity (Wildman–Crippen MR) is 127 cm³/mol. The molecular formula is C27H27N3O. The van der Waals surface area contributed by atoms with Gasteiger partial charge in [-0.15, -0.1) is 0 Å². The van der Waals surface area contributed by atoms with E-state index >= 15 is 0 Å². The van der Waals surface area contributed by atoms with Gasteiger partial charge in [-0.05, 0) is 22.4 Å². The molecule has 156 valence electrons. The Labute approximate surface area is 183 Å². The molecule has 5 rings (SSSR count). The third kappa shape index (κ3) is 4.76. The molecular weight excluding hydrogens is 382 g/mol. The standard InChI is InChI=1S/C27H27N3O/c1-2-8-22(9-3-1)10-7-15-29-16-18-30(19-17-29)20-24-21-31-27(28-24)26-14-6-12-23-11-4-5-13-25(23)26/h1-14,21H,15-20H2/b10-7+. The van der Waals surface area contributed by atoms with Gasteiger partial charge in [-0.3, -0.25) is 9.80 Å². The Morgan fingerprint density at radius 2 is 1.55 bits per heavy atom. The van der Waals surface area contributed by atoms with E-state index < -0.39 is 0 Å². The summed E-state index contributed by atoms with van der Waals surface area (Å²) < 4.78 is 5.86. The maximum Gasteiger partial charge on any atom is 0.226 e. The van der Waals surface area contributed by atoms with Crippen molar-refractivity contribution in [3.63, 3.8) is 0 Å². The number of benzene rings is 3. The Bertz CT molecular complexity index is 1150. The monoisotopic (exact) mass is 409 g/mol. The molecule has 0 amide bonds. The second-order valence-corrected chi connectivity index (χ2v) is 8.06. The van der Waals surface area contributed by atoms with Crippen LogP contribution in [0.2, 0.25) is 0 Å². The summed E-state index contributed by atoms with van der Waals surface area (Å²) in [4.78, 5) is 9.75. The third-order valence-corrected chi connectivity index (χ3v) is 5.90. The zero-order valence-electron chi connectivity index (χ0n) is 17.7. The molecule has 0 bridgehead atoms. The van der Waals surface area contributed by atoms with Crippen molar-refractivity contribution >= 4 is 16.8 Å². The fraction of sp³-hybridized carbons (Fsp3) is 0.222. The lowest BCUT2D eigenvalue weighted by atomic mass is 10.0. The summed E-state index contributed by atoms with van der Waals surface area (Å²) >= 11 is 0. The van der Waals surface area contributed by atoms with Gasteiger partial charge in [0, 0.05) is 44.8 Å². The molecule has 1 aliphatic heterocycles. The van der Waals surface area contributed by atoms with Gasteiger partial charge < -0.3 is 4.42 Å². The van der Waals surface area contributed by atoms with Crippen molar-refractivity contribution in [2.24, 2.45) is 0 Å². The molecule has 1 fully saturated rings. The van der Waals surface area contributed by atoms with Crippen LogP contribution in [0, 0.1) is 0 Å². The Kier molecular flexibility index (Phi) is 5.92. The van der Waals surface area contributed by atoms with Crippen LogP contribution in [-0.2, 0) is 6.54 Å². The number of aromatic nitrogens is 1. The highest BCUT2D eigenvalue weighted by Gasteiger charge is 2.18. The van der Waals surface area contributed by atoms with Gasteiger partial charge in [-0.1, -0.05) is 78.9 Å². The van der Waals surface area contributed by atoms with Gasteiger partial charge in [0.05, 0.1) is 5.69 Å². The largest absolute Gasteiger partial charge is 0.444 e. The first kappa shape index (κ1) is 19.7. The molecule has 4 aromatic rings. The number of hydrogen-bond acceptors (Lipinski definition) is 4. The Morgan fingerprint density at radius 1 is 0.806 bits per heavy atom. The smallest absolute Gasteiger partial charge is 0.226 e. The van der Waals surface area contributed by atoms with Crippen molar-refractivity contribution in [2.45, 2.75) is 6.54 Å².